The van der Waals surface area contributed by atoms with Crippen LogP contribution in [0.5, 0.6) is 0 Å². The van der Waals surface area contributed by atoms with Gasteiger partial charge >= 0.3 is 35.8 Å². The molecular weight excluding hydrogens is 1510 g/mol. The zero-order valence-electron chi connectivity index (χ0n) is 83.7. The summed E-state index contributed by atoms with van der Waals surface area (Å²) in [6, 6.07) is 0. The van der Waals surface area contributed by atoms with E-state index in [4.69, 9.17) is 28.4 Å². The van der Waals surface area contributed by atoms with Gasteiger partial charge in [-0.3, -0.25) is 33.6 Å². The molecule has 16 unspecified atom stereocenters. The fourth-order valence-electron chi connectivity index (χ4n) is 30.1. The fraction of sp³-hybridized carbons (Fsp3) is 0.898. The summed E-state index contributed by atoms with van der Waals surface area (Å²) in [5.74, 6) is 9.64. The average molecular weight is 1690 g/mol. The van der Waals surface area contributed by atoms with Crippen LogP contribution in [0.25, 0.3) is 0 Å². The van der Waals surface area contributed by atoms with Crippen molar-refractivity contribution in [3.8, 4) is 0 Å². The normalized spacial score (nSPS) is 42.6. The van der Waals surface area contributed by atoms with Gasteiger partial charge in [0.05, 0.1) is 0 Å². The maximum atomic E-state index is 11.8. The van der Waals surface area contributed by atoms with Crippen molar-refractivity contribution in [1.29, 1.82) is 0 Å². The van der Waals surface area contributed by atoms with Gasteiger partial charge in [-0.05, 0) is 293 Å². The molecule has 0 saturated heterocycles. The van der Waals surface area contributed by atoms with Gasteiger partial charge in [-0.2, -0.15) is 0 Å². The van der Waals surface area contributed by atoms with Crippen molar-refractivity contribution >= 4 is 41.6 Å². The second kappa shape index (κ2) is 34.4. The molecule has 24 atom stereocenters. The summed E-state index contributed by atoms with van der Waals surface area (Å²) in [5, 5.41) is 0. The van der Waals surface area contributed by atoms with Crippen LogP contribution in [0.1, 0.15) is 415 Å². The maximum absolute atomic E-state index is 11.8. The number of ether oxygens (including phenoxy) is 6. The van der Waals surface area contributed by atoms with Gasteiger partial charge in [-0.1, -0.05) is 225 Å². The van der Waals surface area contributed by atoms with Gasteiger partial charge in [0.2, 0.25) is 0 Å². The summed E-state index contributed by atoms with van der Waals surface area (Å²) in [6.45, 7) is 80.6. The van der Waals surface area contributed by atoms with E-state index in [1.54, 1.807) is 0 Å². The van der Waals surface area contributed by atoms with Gasteiger partial charge in [0.15, 0.2) is 0 Å². The summed E-state index contributed by atoms with van der Waals surface area (Å²) in [7, 11) is 0. The first kappa shape index (κ1) is 99.1. The van der Waals surface area contributed by atoms with E-state index in [1.165, 1.54) is 161 Å². The Hall–Kier alpha value is -4.03. The predicted octanol–water partition coefficient (Wildman–Crippen LogP) is 27.0. The second-order valence-corrected chi connectivity index (χ2v) is 51.0. The number of carbonyl (C=O) groups excluding carboxylic acids is 7. The summed E-state index contributed by atoms with van der Waals surface area (Å²) < 4.78 is 33.3. The number of hydrogen-bond donors (Lipinski definition) is 0. The number of rotatable bonds is 10. The summed E-state index contributed by atoms with van der Waals surface area (Å²) >= 11 is 0. The summed E-state index contributed by atoms with van der Waals surface area (Å²) in [5.41, 5.74) is 7.58. The third-order valence-electron chi connectivity index (χ3n) is 43.2. The van der Waals surface area contributed by atoms with E-state index in [0.717, 1.165) is 111 Å². The molecule has 18 bridgehead atoms. The van der Waals surface area contributed by atoms with E-state index in [9.17, 15) is 33.6 Å². The van der Waals surface area contributed by atoms with Crippen LogP contribution in [0.2, 0.25) is 0 Å². The second-order valence-electron chi connectivity index (χ2n) is 51.0. The predicted molar refractivity (Wildman–Crippen MR) is 488 cm³/mol. The minimum atomic E-state index is -0.125. The smallest absolute Gasteiger partial charge is 0.306 e. The highest BCUT2D eigenvalue weighted by molar-refractivity contribution is 5.89. The zero-order chi connectivity index (χ0) is 90.9. The highest BCUT2D eigenvalue weighted by atomic mass is 16.6. The number of allylic oxidation sites excluding steroid dienone is 2. The number of ketones is 1. The maximum Gasteiger partial charge on any atom is 0.306 e. The molecule has 0 aliphatic heterocycles. The lowest BCUT2D eigenvalue weighted by atomic mass is 9.70. The minimum Gasteiger partial charge on any atom is -0.462 e. The number of esters is 6. The molecule has 0 radical (unpaired) electrons. The summed E-state index contributed by atoms with van der Waals surface area (Å²) in [6.07, 6.45) is 35.5. The molecule has 690 valence electrons. The highest BCUT2D eigenvalue weighted by Crippen LogP contribution is 2.73. The van der Waals surface area contributed by atoms with Gasteiger partial charge in [0.1, 0.15) is 42.4 Å². The van der Waals surface area contributed by atoms with Crippen LogP contribution in [-0.4, -0.2) is 78.2 Å². The van der Waals surface area contributed by atoms with Gasteiger partial charge in [0, 0.05) is 84.9 Å². The Labute approximate surface area is 738 Å². The average Bonchev–Trinajstić information content (AvgIpc) is 1.58. The number of hydrogen-bond acceptors (Lipinski definition) is 13. The molecule has 0 spiro atoms. The standard InChI is InChI=1S/2C15H26O2.4C12H20O2.C10H16O.2C10H16/c2*1-10(2)8-13(16)17-12-9-11-6-7-15(12,5)14(11,3)4;4*1-8(13)14-10-7-9-5-6-12(10,4)11(9,2)3;1-9(2)7-4-5-10(9,3)8(11)6-7;2*1-7-8-4-5-9(6-8)10(7,2)3/h2*10-12H,6-9H2,1-5H3;4*9-10H,5-7H2,1-4H3;7H,4-6H2,1-3H3;2*8-9H,1,4-6H2,2-3H3/t11-,12?,15+;;2*9-,10?,12+;;;;8-,9+;/m0.00...0./s1. The van der Waals surface area contributed by atoms with E-state index < -0.39 is 0 Å². The Bertz CT molecular complexity index is 3490. The fourth-order valence-corrected chi connectivity index (χ4v) is 30.1. The van der Waals surface area contributed by atoms with Crippen molar-refractivity contribution in [2.24, 2.45) is 164 Å². The molecule has 121 heavy (non-hydrogen) atoms. The van der Waals surface area contributed by atoms with Crippen LogP contribution in [-0.2, 0) is 62.0 Å². The van der Waals surface area contributed by atoms with Gasteiger partial charge < -0.3 is 28.4 Å². The largest absolute Gasteiger partial charge is 0.462 e. The number of fused-ring (bicyclic) bond motifs is 18. The molecule has 18 aliphatic carbocycles. The SMILES string of the molecule is C=C1C2CCC(C2)C1(C)C.C=C1[C@H]2CC[C@H](C2)C1(C)C.CC(=O)OC1CC2CCC1(C)C2(C)C.CC(=O)OC1CC2CCC1(C)C2(C)C.CC(=O)OC1C[C@@H]2CC[C@@]1(C)C2(C)C.CC(=O)OC1C[C@@H]2CC[C@@]1(C)C2(C)C.CC(C)CC(=O)OC1CC2CCC1(C)C2(C)C.CC(C)CC(=O)OC1C[C@@H]2CC[C@@]1(C)C2(C)C.CC12CCC(CC1=O)C2(C)C. The van der Waals surface area contributed by atoms with E-state index in [1.807, 2.05) is 0 Å². The quantitative estimate of drug-likeness (QED) is 0.115. The Balaban J connectivity index is 0.000000143. The molecule has 0 amide bonds. The van der Waals surface area contributed by atoms with E-state index in [0.29, 0.717) is 79.7 Å². The van der Waals surface area contributed by atoms with Crippen molar-refractivity contribution in [3.05, 3.63) is 24.3 Å². The van der Waals surface area contributed by atoms with Crippen LogP contribution in [0.3, 0.4) is 0 Å². The monoisotopic (exact) mass is 1690 g/mol. The van der Waals surface area contributed by atoms with Gasteiger partial charge in [-0.15, -0.1) is 0 Å². The van der Waals surface area contributed by atoms with E-state index in [-0.39, 0.29) is 116 Å². The molecule has 18 saturated carbocycles. The van der Waals surface area contributed by atoms with Crippen LogP contribution >= 0.6 is 0 Å². The third-order valence-corrected chi connectivity index (χ3v) is 43.2. The minimum absolute atomic E-state index is 0.00502. The Morgan fingerprint density at radius 2 is 0.504 bits per heavy atom. The molecular formula is C108H180O13. The van der Waals surface area contributed by atoms with Gasteiger partial charge in [-0.25, -0.2) is 0 Å². The molecule has 18 aliphatic rings. The van der Waals surface area contributed by atoms with Crippen LogP contribution in [0, 0.1) is 164 Å². The number of Topliss-reactive ketones (excluding diaryl/α,β-unsaturated/α-hetero) is 1. The highest BCUT2D eigenvalue weighted by Gasteiger charge is 2.69. The third kappa shape index (κ3) is 17.3. The first-order valence-corrected chi connectivity index (χ1v) is 49.3. The number of carbonyl (C=O) groups is 7. The molecule has 13 nitrogen and oxygen atoms in total. The van der Waals surface area contributed by atoms with Crippen molar-refractivity contribution in [3.63, 3.8) is 0 Å². The topological polar surface area (TPSA) is 175 Å². The molecule has 0 N–H and O–H groups in total. The van der Waals surface area contributed by atoms with Crippen LogP contribution in [0.4, 0.5) is 0 Å². The lowest BCUT2D eigenvalue weighted by Gasteiger charge is -2.38. The lowest BCUT2D eigenvalue weighted by Crippen LogP contribution is -2.38. The Morgan fingerprint density at radius 1 is 0.289 bits per heavy atom. The van der Waals surface area contributed by atoms with Crippen molar-refractivity contribution in [1.82, 2.24) is 0 Å². The molecule has 0 aromatic carbocycles. The lowest BCUT2D eigenvalue weighted by molar-refractivity contribution is -0.158. The molecule has 0 aromatic heterocycles. The molecule has 0 aromatic rings. The summed E-state index contributed by atoms with van der Waals surface area (Å²) in [4.78, 5) is 79.2. The van der Waals surface area contributed by atoms with Gasteiger partial charge in [0.25, 0.3) is 0 Å². The molecule has 18 rings (SSSR count). The zero-order valence-corrected chi connectivity index (χ0v) is 83.7. The Kier molecular flexibility index (Phi) is 28.2. The van der Waals surface area contributed by atoms with Crippen LogP contribution in [0.15, 0.2) is 24.3 Å². The van der Waals surface area contributed by atoms with Crippen molar-refractivity contribution < 1.29 is 62.0 Å². The molecule has 13 heteroatoms. The van der Waals surface area contributed by atoms with Crippen molar-refractivity contribution in [2.45, 2.75) is 451 Å². The van der Waals surface area contributed by atoms with Crippen molar-refractivity contribution in [2.75, 3.05) is 0 Å². The first-order valence-electron chi connectivity index (χ1n) is 49.3. The molecule has 18 fully saturated rings. The van der Waals surface area contributed by atoms with E-state index >= 15 is 0 Å². The Morgan fingerprint density at radius 3 is 0.620 bits per heavy atom. The van der Waals surface area contributed by atoms with E-state index in [2.05, 4.69) is 214 Å². The van der Waals surface area contributed by atoms with Crippen LogP contribution < -0.4 is 0 Å². The molecule has 0 heterocycles. The first-order chi connectivity index (χ1) is 55.3.